The van der Waals surface area contributed by atoms with Gasteiger partial charge in [-0.25, -0.2) is 27.6 Å². The first-order chi connectivity index (χ1) is 26.4. The number of aliphatic hydroxyl groups excluding tert-OH is 1. The number of hydrogen-bond acceptors (Lipinski definition) is 13. The summed E-state index contributed by atoms with van der Waals surface area (Å²) < 4.78 is 69.2. The van der Waals surface area contributed by atoms with Gasteiger partial charge < -0.3 is 34.7 Å². The van der Waals surface area contributed by atoms with Gasteiger partial charge in [0.15, 0.2) is 17.7 Å². The fourth-order valence-electron chi connectivity index (χ4n) is 7.22. The minimum absolute atomic E-state index is 0.0322. The van der Waals surface area contributed by atoms with E-state index < -0.39 is 47.0 Å². The molecule has 1 amide bonds. The number of alkyl carbamates (subject to hydrolysis) is 1. The van der Waals surface area contributed by atoms with Crippen LogP contribution in [0, 0.1) is 24.7 Å². The number of anilines is 1. The van der Waals surface area contributed by atoms with Gasteiger partial charge in [0.05, 0.1) is 51.2 Å². The average molecular weight is 814 g/mol. The summed E-state index contributed by atoms with van der Waals surface area (Å²) in [7, 11) is -4.48. The molecule has 55 heavy (non-hydrogen) atoms. The highest BCUT2D eigenvalue weighted by atomic mass is 32.2. The summed E-state index contributed by atoms with van der Waals surface area (Å²) in [6.45, 7) is 5.40. The van der Waals surface area contributed by atoms with Crippen molar-refractivity contribution >= 4 is 54.1 Å². The van der Waals surface area contributed by atoms with Crippen LogP contribution in [0.15, 0.2) is 64.1 Å². The maximum Gasteiger partial charge on any atom is 0.412 e. The van der Waals surface area contributed by atoms with E-state index in [1.807, 2.05) is 12.3 Å². The normalized spacial score (nSPS) is 22.3. The van der Waals surface area contributed by atoms with Crippen LogP contribution in [-0.2, 0) is 37.3 Å². The third-order valence-electron chi connectivity index (χ3n) is 10.3. The van der Waals surface area contributed by atoms with Crippen LogP contribution < -0.4 is 15.4 Å². The number of carbonyl (C=O) groups excluding carboxylic acids is 1. The molecule has 4 aromatic rings. The third kappa shape index (κ3) is 8.38. The Kier molecular flexibility index (Phi) is 10.9. The molecule has 2 bridgehead atoms. The first-order valence-corrected chi connectivity index (χ1v) is 21.6. The minimum atomic E-state index is -4.48. The van der Waals surface area contributed by atoms with Gasteiger partial charge in [-0.3, -0.25) is 0 Å². The Morgan fingerprint density at radius 2 is 1.95 bits per heavy atom. The van der Waals surface area contributed by atoms with Crippen LogP contribution in [0.1, 0.15) is 49.4 Å². The van der Waals surface area contributed by atoms with Crippen molar-refractivity contribution in [1.82, 2.24) is 19.6 Å². The molecule has 4 heterocycles. The van der Waals surface area contributed by atoms with Gasteiger partial charge >= 0.3 is 6.09 Å². The number of nitrogens with one attached hydrogen (secondary N) is 2. The van der Waals surface area contributed by atoms with Crippen LogP contribution in [0.5, 0.6) is 5.75 Å². The zero-order valence-corrected chi connectivity index (χ0v) is 33.1. The highest BCUT2D eigenvalue weighted by molar-refractivity contribution is 7.89. The number of fused-ring (bicyclic) bond motifs is 2. The van der Waals surface area contributed by atoms with Crippen molar-refractivity contribution in [1.29, 1.82) is 0 Å². The summed E-state index contributed by atoms with van der Waals surface area (Å²) in [5, 5.41) is 21.5. The Bertz CT molecular complexity index is 2170. The summed E-state index contributed by atoms with van der Waals surface area (Å²) in [4.78, 5) is 22.5. The number of aromatic nitrogens is 2. The largest absolute Gasteiger partial charge is 0.487 e. The zero-order chi connectivity index (χ0) is 38.4. The quantitative estimate of drug-likeness (QED) is 0.112. The number of aliphatic hydroxyl groups is 1. The van der Waals surface area contributed by atoms with E-state index in [-0.39, 0.29) is 29.4 Å². The number of alkyl halides is 1. The highest BCUT2D eigenvalue weighted by Gasteiger charge is 2.49. The number of nitrogens with zero attached hydrogens (tertiary/aromatic N) is 3. The molecular formula is C38H44FN5O8S3. The van der Waals surface area contributed by atoms with Gasteiger partial charge in [0, 0.05) is 35.4 Å². The molecule has 8 rings (SSSR count). The first kappa shape index (κ1) is 38.2. The number of sulfonamides is 1. The fourth-order valence-corrected chi connectivity index (χ4v) is 10.5. The fraction of sp³-hybridized carbons (Fsp3) is 0.500. The van der Waals surface area contributed by atoms with Gasteiger partial charge in [-0.15, -0.1) is 11.3 Å². The van der Waals surface area contributed by atoms with Gasteiger partial charge in [-0.2, -0.15) is 4.31 Å². The number of amides is 1. The first-order valence-electron chi connectivity index (χ1n) is 18.5. The van der Waals surface area contributed by atoms with Crippen LogP contribution in [0.25, 0.3) is 10.2 Å². The van der Waals surface area contributed by atoms with E-state index in [0.717, 1.165) is 35.5 Å². The Hall–Kier alpha value is -3.71. The Labute approximate surface area is 326 Å². The molecule has 3 fully saturated rings. The van der Waals surface area contributed by atoms with Crippen LogP contribution in [0.3, 0.4) is 0 Å². The van der Waals surface area contributed by atoms with Crippen molar-refractivity contribution in [2.45, 2.75) is 88.7 Å². The maximum absolute atomic E-state index is 16.1. The average Bonchev–Trinajstić information content (AvgIpc) is 3.44. The molecule has 2 aromatic carbocycles. The molecule has 2 saturated heterocycles. The molecule has 6 atom stereocenters. The lowest BCUT2D eigenvalue weighted by Crippen LogP contribution is -2.53. The van der Waals surface area contributed by atoms with Crippen molar-refractivity contribution in [3.05, 3.63) is 75.4 Å². The molecule has 17 heteroatoms. The number of carbonyl (C=O) groups is 1. The lowest BCUT2D eigenvalue weighted by Gasteiger charge is -2.32. The Morgan fingerprint density at radius 3 is 2.67 bits per heavy atom. The molecule has 4 unspecified atom stereocenters. The van der Waals surface area contributed by atoms with Gasteiger partial charge in [-0.05, 0) is 74.4 Å². The molecule has 3 N–H and O–H groups in total. The molecule has 13 nitrogen and oxygen atoms in total. The van der Waals surface area contributed by atoms with E-state index in [0.29, 0.717) is 62.6 Å². The van der Waals surface area contributed by atoms with Crippen LogP contribution in [0.2, 0.25) is 0 Å². The molecule has 2 aromatic heterocycles. The molecule has 0 radical (unpaired) electrons. The molecular weight excluding hydrogens is 770 g/mol. The van der Waals surface area contributed by atoms with Crippen molar-refractivity contribution < 1.29 is 41.7 Å². The van der Waals surface area contributed by atoms with Crippen molar-refractivity contribution in [2.75, 3.05) is 25.1 Å². The highest BCUT2D eigenvalue weighted by Crippen LogP contribution is 2.48. The minimum Gasteiger partial charge on any atom is -0.487 e. The van der Waals surface area contributed by atoms with Crippen molar-refractivity contribution in [2.24, 2.45) is 17.8 Å². The second-order valence-corrected chi connectivity index (χ2v) is 18.9. The molecule has 4 aliphatic rings. The monoisotopic (exact) mass is 813 g/mol. The Morgan fingerprint density at radius 1 is 1.15 bits per heavy atom. The number of aryl methyl sites for hydroxylation is 1. The van der Waals surface area contributed by atoms with Gasteiger partial charge in [-0.1, -0.05) is 37.3 Å². The summed E-state index contributed by atoms with van der Waals surface area (Å²) >= 11 is 2.88. The van der Waals surface area contributed by atoms with Gasteiger partial charge in [0.1, 0.15) is 18.1 Å². The zero-order valence-electron chi connectivity index (χ0n) is 30.6. The van der Waals surface area contributed by atoms with Crippen molar-refractivity contribution in [3.8, 4) is 5.75 Å². The van der Waals surface area contributed by atoms with E-state index in [4.69, 9.17) is 18.9 Å². The molecule has 294 valence electrons. The topological polar surface area (TPSA) is 161 Å². The van der Waals surface area contributed by atoms with Crippen molar-refractivity contribution in [3.63, 3.8) is 0 Å². The predicted octanol–water partition coefficient (Wildman–Crippen LogP) is 6.13. The van der Waals surface area contributed by atoms with E-state index in [1.54, 1.807) is 55.5 Å². The van der Waals surface area contributed by atoms with Gasteiger partial charge in [0.25, 0.3) is 0 Å². The number of rotatable bonds is 16. The van der Waals surface area contributed by atoms with E-state index in [1.165, 1.54) is 23.5 Å². The second-order valence-electron chi connectivity index (χ2n) is 14.9. The lowest BCUT2D eigenvalue weighted by atomic mass is 9.99. The molecule has 2 aliphatic carbocycles. The smallest absolute Gasteiger partial charge is 0.412 e. The summed E-state index contributed by atoms with van der Waals surface area (Å²) in [6, 6.07) is 10.9. The SMILES string of the molecule is Cc1nc(COc2ccc(C[C@H](NC(=O)OC3=C4COC5OCC3CC45)[C@H](O)CN(C(F)C(C)C)S(=O)(=O)c3ccc4nc(NC5CC5)sc4c3)cc2)cs1. The molecule has 0 spiro atoms. The number of benzene rings is 2. The number of ether oxygens (including phenoxy) is 4. The van der Waals surface area contributed by atoms with E-state index in [9.17, 15) is 18.3 Å². The molecule has 2 aliphatic heterocycles. The molecule has 1 saturated carbocycles. The lowest BCUT2D eigenvalue weighted by molar-refractivity contribution is -0.161. The van der Waals surface area contributed by atoms with Crippen LogP contribution >= 0.6 is 22.7 Å². The van der Waals surface area contributed by atoms with E-state index >= 15 is 4.39 Å². The standard InChI is InChI=1S/C38H44FN5O8S3/c1-20(2)35(39)44(55(47,48)27-10-11-30-33(14-27)54-37(42-30)41-24-6-7-24)15-32(45)31(12-22-4-8-26(9-5-22)49-17-25-19-53-21(3)40-25)43-38(46)52-34-23-13-28-29(34)18-51-36(28)50-16-23/h4-5,8-11,14,19-20,23-24,28,31-32,35-36,45H,6-7,12-13,15-18H2,1-3H3,(H,41,42)(H,43,46)/t23?,28?,31-,32+,35?,36?/m0/s1. The number of halogens is 1. The van der Waals surface area contributed by atoms with Crippen LogP contribution in [-0.4, -0.2) is 84.4 Å². The number of hydrogen-bond donors (Lipinski definition) is 3. The summed E-state index contributed by atoms with van der Waals surface area (Å²) in [5.74, 6) is 0.307. The number of thiazole rings is 2. The third-order valence-corrected chi connectivity index (χ3v) is 13.9. The van der Waals surface area contributed by atoms with Crippen LogP contribution in [0.4, 0.5) is 14.3 Å². The van der Waals surface area contributed by atoms with E-state index in [2.05, 4.69) is 20.6 Å². The maximum atomic E-state index is 16.1. The Balaban J connectivity index is 1.03. The summed E-state index contributed by atoms with van der Waals surface area (Å²) in [5.41, 5.74) is 3.05. The summed E-state index contributed by atoms with van der Waals surface area (Å²) in [6.07, 6.45) is -1.73. The predicted molar refractivity (Wildman–Crippen MR) is 205 cm³/mol. The second kappa shape index (κ2) is 15.7. The van der Waals surface area contributed by atoms with Gasteiger partial charge in [0.2, 0.25) is 10.0 Å².